The van der Waals surface area contributed by atoms with Crippen LogP contribution in [-0.2, 0) is 20.7 Å². The molecule has 3 N–H and O–H groups in total. The second-order valence-electron chi connectivity index (χ2n) is 10.9. The van der Waals surface area contributed by atoms with Gasteiger partial charge in [-0.3, -0.25) is 14.4 Å². The Balaban J connectivity index is 0.000000248. The molecule has 0 saturated carbocycles. The third-order valence-electron chi connectivity index (χ3n) is 7.97. The Morgan fingerprint density at radius 1 is 1.00 bits per heavy atom. The van der Waals surface area contributed by atoms with E-state index in [0.717, 1.165) is 38.6 Å². The highest BCUT2D eigenvalue weighted by Crippen LogP contribution is 2.29. The molecule has 7 rings (SSSR count). The first-order valence-corrected chi connectivity index (χ1v) is 16.2. The summed E-state index contributed by atoms with van der Waals surface area (Å²) in [5.74, 6) is -1.43. The quantitative estimate of drug-likeness (QED) is 0.223. The van der Waals surface area contributed by atoms with E-state index in [1.807, 2.05) is 54.6 Å². The number of rotatable bonds is 6. The van der Waals surface area contributed by atoms with Crippen molar-refractivity contribution < 1.29 is 34.1 Å². The van der Waals surface area contributed by atoms with Crippen molar-refractivity contribution in [1.82, 2.24) is 10.2 Å². The van der Waals surface area contributed by atoms with E-state index in [1.165, 1.54) is 22.7 Å². The van der Waals surface area contributed by atoms with Crippen LogP contribution < -0.4 is 5.32 Å². The molecular formula is C34H30N2O7S2. The number of fused-ring (bicyclic) bond motifs is 3. The number of benzene rings is 3. The number of likely N-dealkylation sites (tertiary alicyclic amines) is 1. The molecule has 2 aliphatic heterocycles. The van der Waals surface area contributed by atoms with Crippen molar-refractivity contribution in [1.29, 1.82) is 0 Å². The van der Waals surface area contributed by atoms with E-state index in [-0.39, 0.29) is 42.5 Å². The van der Waals surface area contributed by atoms with Crippen LogP contribution in [0.2, 0.25) is 0 Å². The van der Waals surface area contributed by atoms with Crippen molar-refractivity contribution in [3.05, 3.63) is 100 Å². The summed E-state index contributed by atoms with van der Waals surface area (Å²) in [6.45, 7) is 0.482. The van der Waals surface area contributed by atoms with Crippen LogP contribution in [0.3, 0.4) is 0 Å². The Morgan fingerprint density at radius 3 is 2.49 bits per heavy atom. The molecule has 45 heavy (non-hydrogen) atoms. The van der Waals surface area contributed by atoms with Gasteiger partial charge in [-0.05, 0) is 54.1 Å². The average molecular weight is 643 g/mol. The monoisotopic (exact) mass is 642 g/mol. The number of nitrogens with zero attached hydrogens (tertiary/aromatic N) is 1. The number of Topliss-reactive ketones (excluding diaryl/α,β-unsaturated/α-hetero) is 1. The number of ketones is 1. The van der Waals surface area contributed by atoms with Gasteiger partial charge in [0.1, 0.15) is 24.4 Å². The van der Waals surface area contributed by atoms with Gasteiger partial charge in [0, 0.05) is 33.1 Å². The van der Waals surface area contributed by atoms with Gasteiger partial charge in [-0.2, -0.15) is 0 Å². The molecule has 3 aromatic carbocycles. The van der Waals surface area contributed by atoms with Gasteiger partial charge in [0.2, 0.25) is 5.91 Å². The standard InChI is InChI=1S/C25H24N2O5S.C9H6O2S/c28-17-9-7-15(8-10-17)12-18(25(31)27-11-3-5-20-23(27)19(29)14-32-20)26-24(30)22-13-16-4-1-2-6-21(16)33-22;10-9(11)7-5-12-8-4-2-1-3-6(7)8/h1-2,4,6-10,13,18,20,23,28H,3,5,11-12,14H2,(H,26,30);1-5H,(H,10,11). The first-order valence-electron chi connectivity index (χ1n) is 14.5. The van der Waals surface area contributed by atoms with Crippen molar-refractivity contribution in [3.8, 4) is 5.75 Å². The number of carbonyl (C=O) groups excluding carboxylic acids is 3. The van der Waals surface area contributed by atoms with E-state index in [4.69, 9.17) is 9.84 Å². The van der Waals surface area contributed by atoms with Gasteiger partial charge in [0.15, 0.2) is 5.78 Å². The Kier molecular flexibility index (Phi) is 8.92. The number of thiophene rings is 2. The van der Waals surface area contributed by atoms with Crippen LogP contribution in [0.5, 0.6) is 5.75 Å². The van der Waals surface area contributed by atoms with Gasteiger partial charge >= 0.3 is 5.97 Å². The topological polar surface area (TPSA) is 133 Å². The number of hydrogen-bond acceptors (Lipinski definition) is 8. The normalized spacial score (nSPS) is 18.2. The Hall–Kier alpha value is -4.58. The number of ether oxygens (including phenoxy) is 1. The Labute approximate surface area is 266 Å². The summed E-state index contributed by atoms with van der Waals surface area (Å²) >= 11 is 2.84. The molecule has 2 saturated heterocycles. The number of phenols is 1. The van der Waals surface area contributed by atoms with Crippen LogP contribution in [-0.4, -0.2) is 70.0 Å². The van der Waals surface area contributed by atoms with Gasteiger partial charge in [-0.1, -0.05) is 48.5 Å². The van der Waals surface area contributed by atoms with Gasteiger partial charge in [-0.25, -0.2) is 4.79 Å². The average Bonchev–Trinajstić information content (AvgIpc) is 3.78. The zero-order valence-electron chi connectivity index (χ0n) is 24.0. The van der Waals surface area contributed by atoms with Crippen LogP contribution in [0.25, 0.3) is 20.2 Å². The fraction of sp³-hybridized carbons (Fsp3) is 0.235. The summed E-state index contributed by atoms with van der Waals surface area (Å²) in [6, 6.07) is 22.2. The maximum absolute atomic E-state index is 13.7. The molecule has 0 radical (unpaired) electrons. The molecule has 0 bridgehead atoms. The SMILES string of the molecule is O=C(NC(Cc1ccc(O)cc1)C(=O)N1CCCC2OCC(=O)C21)c1cc2ccccc2s1.O=C(O)c1csc2ccccc12. The molecule has 0 spiro atoms. The minimum atomic E-state index is -0.854. The third-order valence-corrected chi connectivity index (χ3v) is 10.0. The number of aromatic carboxylic acids is 1. The predicted molar refractivity (Wildman–Crippen MR) is 173 cm³/mol. The van der Waals surface area contributed by atoms with Gasteiger partial charge < -0.3 is 25.2 Å². The van der Waals surface area contributed by atoms with E-state index in [2.05, 4.69) is 5.32 Å². The van der Waals surface area contributed by atoms with Crippen molar-refractivity contribution in [2.75, 3.05) is 13.2 Å². The molecule has 4 heterocycles. The molecule has 0 aliphatic carbocycles. The van der Waals surface area contributed by atoms with E-state index in [9.17, 15) is 24.3 Å². The van der Waals surface area contributed by atoms with Gasteiger partial charge in [0.25, 0.3) is 5.91 Å². The van der Waals surface area contributed by atoms with Gasteiger partial charge in [-0.15, -0.1) is 22.7 Å². The molecule has 2 aliphatic rings. The minimum Gasteiger partial charge on any atom is -0.508 e. The first-order chi connectivity index (χ1) is 21.8. The second kappa shape index (κ2) is 13.2. The molecule has 11 heteroatoms. The largest absolute Gasteiger partial charge is 0.508 e. The van der Waals surface area contributed by atoms with Gasteiger partial charge in [0.05, 0.1) is 16.5 Å². The molecule has 2 fully saturated rings. The lowest BCUT2D eigenvalue weighted by Crippen LogP contribution is -2.58. The van der Waals surface area contributed by atoms with E-state index in [0.29, 0.717) is 17.0 Å². The summed E-state index contributed by atoms with van der Waals surface area (Å²) < 4.78 is 7.61. The molecule has 9 nitrogen and oxygen atoms in total. The van der Waals surface area contributed by atoms with Crippen molar-refractivity contribution in [3.63, 3.8) is 0 Å². The predicted octanol–water partition coefficient (Wildman–Crippen LogP) is 5.51. The van der Waals surface area contributed by atoms with Crippen molar-refractivity contribution >= 4 is 66.4 Å². The van der Waals surface area contributed by atoms with E-state index < -0.39 is 18.1 Å². The lowest BCUT2D eigenvalue weighted by Gasteiger charge is -2.37. The highest BCUT2D eigenvalue weighted by atomic mass is 32.1. The maximum atomic E-state index is 13.7. The van der Waals surface area contributed by atoms with Crippen LogP contribution in [0.1, 0.15) is 38.4 Å². The molecule has 2 aromatic heterocycles. The Bertz CT molecular complexity index is 1850. The lowest BCUT2D eigenvalue weighted by molar-refractivity contribution is -0.142. The summed E-state index contributed by atoms with van der Waals surface area (Å²) in [7, 11) is 0. The second-order valence-corrected chi connectivity index (χ2v) is 12.9. The molecule has 3 atom stereocenters. The fourth-order valence-electron chi connectivity index (χ4n) is 5.77. The van der Waals surface area contributed by atoms with Crippen molar-refractivity contribution in [2.24, 2.45) is 0 Å². The highest BCUT2D eigenvalue weighted by Gasteiger charge is 2.45. The molecule has 3 unspecified atom stereocenters. The smallest absolute Gasteiger partial charge is 0.337 e. The zero-order valence-corrected chi connectivity index (χ0v) is 25.7. The number of carboxylic acids is 1. The maximum Gasteiger partial charge on any atom is 0.337 e. The zero-order chi connectivity index (χ0) is 31.5. The first kappa shape index (κ1) is 30.4. The number of carboxylic acid groups (broad SMARTS) is 1. The summed E-state index contributed by atoms with van der Waals surface area (Å²) in [4.78, 5) is 52.0. The third kappa shape index (κ3) is 6.60. The van der Waals surface area contributed by atoms with E-state index >= 15 is 0 Å². The van der Waals surface area contributed by atoms with Crippen molar-refractivity contribution in [2.45, 2.75) is 37.5 Å². The fourth-order valence-corrected chi connectivity index (χ4v) is 7.67. The van der Waals surface area contributed by atoms with Crippen LogP contribution in [0.15, 0.2) is 84.2 Å². The number of piperidine rings is 1. The number of aromatic hydroxyl groups is 1. The molecular weight excluding hydrogens is 613 g/mol. The lowest BCUT2D eigenvalue weighted by atomic mass is 9.95. The molecule has 2 amide bonds. The Morgan fingerprint density at radius 2 is 1.73 bits per heavy atom. The minimum absolute atomic E-state index is 0.0237. The number of amides is 2. The van der Waals surface area contributed by atoms with Crippen LogP contribution in [0.4, 0.5) is 0 Å². The summed E-state index contributed by atoms with van der Waals surface area (Å²) in [5.41, 5.74) is 1.20. The van der Waals surface area contributed by atoms with Crippen LogP contribution >= 0.6 is 22.7 Å². The molecule has 230 valence electrons. The van der Waals surface area contributed by atoms with Crippen LogP contribution in [0, 0.1) is 0 Å². The number of phenolic OH excluding ortho intramolecular Hbond substituents is 1. The van der Waals surface area contributed by atoms with E-state index in [1.54, 1.807) is 34.5 Å². The number of nitrogens with one attached hydrogen (secondary N) is 1. The molecule has 5 aromatic rings. The number of hydrogen-bond donors (Lipinski definition) is 3. The summed E-state index contributed by atoms with van der Waals surface area (Å²) in [6.07, 6.45) is 1.47. The summed E-state index contributed by atoms with van der Waals surface area (Å²) in [5, 5.41) is 24.8. The number of carbonyl (C=O) groups is 4. The highest BCUT2D eigenvalue weighted by molar-refractivity contribution is 7.20.